The highest BCUT2D eigenvalue weighted by Gasteiger charge is 2.11. The zero-order chi connectivity index (χ0) is 15.9. The lowest BCUT2D eigenvalue weighted by Crippen LogP contribution is -2.27. The first-order valence-electron chi connectivity index (χ1n) is 8.07. The van der Waals surface area contributed by atoms with Gasteiger partial charge in [-0.25, -0.2) is 4.98 Å². The lowest BCUT2D eigenvalue weighted by atomic mass is 10.1. The summed E-state index contributed by atoms with van der Waals surface area (Å²) in [6.45, 7) is 3.96. The Morgan fingerprint density at radius 3 is 2.09 bits per heavy atom. The summed E-state index contributed by atoms with van der Waals surface area (Å²) in [4.78, 5) is 6.99. The van der Waals surface area contributed by atoms with E-state index in [0.29, 0.717) is 0 Å². The Bertz CT molecular complexity index is 723. The normalized spacial score (nSPS) is 10.5. The molecular weight excluding hydrogens is 280 g/mol. The summed E-state index contributed by atoms with van der Waals surface area (Å²) >= 11 is 0. The van der Waals surface area contributed by atoms with Crippen LogP contribution in [0.5, 0.6) is 0 Å². The molecule has 2 nitrogen and oxygen atoms in total. The molecule has 0 bridgehead atoms. The van der Waals surface area contributed by atoms with Gasteiger partial charge in [-0.1, -0.05) is 66.7 Å². The van der Waals surface area contributed by atoms with Gasteiger partial charge in [-0.05, 0) is 36.1 Å². The van der Waals surface area contributed by atoms with Crippen LogP contribution in [-0.2, 0) is 13.0 Å². The summed E-state index contributed by atoms with van der Waals surface area (Å²) in [6.07, 6.45) is 2.90. The molecular formula is C21H22N2. The lowest BCUT2D eigenvalue weighted by Gasteiger charge is -2.25. The van der Waals surface area contributed by atoms with Crippen molar-refractivity contribution >= 4 is 5.82 Å². The number of benzene rings is 2. The fourth-order valence-corrected chi connectivity index (χ4v) is 2.78. The summed E-state index contributed by atoms with van der Waals surface area (Å²) < 4.78 is 0. The van der Waals surface area contributed by atoms with Gasteiger partial charge in [0.05, 0.1) is 0 Å². The van der Waals surface area contributed by atoms with E-state index < -0.39 is 0 Å². The summed E-state index contributed by atoms with van der Waals surface area (Å²) in [6, 6.07) is 25.4. The van der Waals surface area contributed by atoms with Crippen LogP contribution in [0.25, 0.3) is 0 Å². The molecule has 3 rings (SSSR count). The number of aromatic nitrogens is 1. The third kappa shape index (κ3) is 4.19. The van der Waals surface area contributed by atoms with Gasteiger partial charge in [0, 0.05) is 19.3 Å². The molecule has 0 aliphatic heterocycles. The molecule has 116 valence electrons. The van der Waals surface area contributed by atoms with Crippen LogP contribution in [-0.4, -0.2) is 11.5 Å². The molecule has 0 aliphatic carbocycles. The molecule has 0 radical (unpaired) electrons. The lowest BCUT2D eigenvalue weighted by molar-refractivity contribution is 0.765. The molecule has 2 aromatic carbocycles. The summed E-state index contributed by atoms with van der Waals surface area (Å²) in [5.41, 5.74) is 3.89. The molecule has 0 atom stereocenters. The Morgan fingerprint density at radius 1 is 0.783 bits per heavy atom. The summed E-state index contributed by atoms with van der Waals surface area (Å²) in [7, 11) is 0. The number of anilines is 1. The highest BCUT2D eigenvalue weighted by molar-refractivity contribution is 5.46. The third-order valence-electron chi connectivity index (χ3n) is 4.01. The molecule has 0 amide bonds. The van der Waals surface area contributed by atoms with E-state index >= 15 is 0 Å². The van der Waals surface area contributed by atoms with Crippen molar-refractivity contribution in [2.75, 3.05) is 11.4 Å². The molecule has 23 heavy (non-hydrogen) atoms. The van der Waals surface area contributed by atoms with E-state index in [9.17, 15) is 0 Å². The maximum absolute atomic E-state index is 4.61. The second-order valence-corrected chi connectivity index (χ2v) is 5.79. The van der Waals surface area contributed by atoms with Crippen molar-refractivity contribution in [1.82, 2.24) is 4.98 Å². The third-order valence-corrected chi connectivity index (χ3v) is 4.01. The van der Waals surface area contributed by atoms with Gasteiger partial charge in [-0.3, -0.25) is 0 Å². The zero-order valence-electron chi connectivity index (χ0n) is 13.5. The van der Waals surface area contributed by atoms with E-state index in [0.717, 1.165) is 25.3 Å². The smallest absolute Gasteiger partial charge is 0.131 e. The van der Waals surface area contributed by atoms with E-state index in [1.807, 2.05) is 12.3 Å². The molecule has 1 aromatic heterocycles. The average Bonchev–Trinajstić information content (AvgIpc) is 2.61. The average molecular weight is 302 g/mol. The number of hydrogen-bond acceptors (Lipinski definition) is 2. The molecule has 0 saturated heterocycles. The standard InChI is InChI=1S/C21H22N2/c1-18-9-8-15-22-21(18)23(17-20-12-6-3-7-13-20)16-14-19-10-4-2-5-11-19/h2-13,15H,14,16-17H2,1H3. The Kier molecular flexibility index (Phi) is 5.05. The van der Waals surface area contributed by atoms with Crippen molar-refractivity contribution in [2.45, 2.75) is 19.9 Å². The predicted molar refractivity (Wildman–Crippen MR) is 96.6 cm³/mol. The number of aryl methyl sites for hydroxylation is 1. The quantitative estimate of drug-likeness (QED) is 0.659. The van der Waals surface area contributed by atoms with Crippen LogP contribution in [0.3, 0.4) is 0 Å². The van der Waals surface area contributed by atoms with Crippen LogP contribution in [0.15, 0.2) is 79.0 Å². The van der Waals surface area contributed by atoms with Crippen molar-refractivity contribution in [3.05, 3.63) is 95.7 Å². The summed E-state index contributed by atoms with van der Waals surface area (Å²) in [5, 5.41) is 0. The maximum atomic E-state index is 4.61. The zero-order valence-corrected chi connectivity index (χ0v) is 13.5. The van der Waals surface area contributed by atoms with Crippen LogP contribution in [0.1, 0.15) is 16.7 Å². The predicted octanol–water partition coefficient (Wildman–Crippen LogP) is 4.64. The van der Waals surface area contributed by atoms with E-state index in [1.165, 1.54) is 16.7 Å². The van der Waals surface area contributed by atoms with Crippen molar-refractivity contribution < 1.29 is 0 Å². The molecule has 3 aromatic rings. The van der Waals surface area contributed by atoms with Gasteiger partial charge < -0.3 is 4.90 Å². The fourth-order valence-electron chi connectivity index (χ4n) is 2.78. The summed E-state index contributed by atoms with van der Waals surface area (Å²) in [5.74, 6) is 1.08. The Morgan fingerprint density at radius 2 is 1.43 bits per heavy atom. The highest BCUT2D eigenvalue weighted by Crippen LogP contribution is 2.19. The minimum Gasteiger partial charge on any atom is -0.352 e. The number of nitrogens with zero attached hydrogens (tertiary/aromatic N) is 2. The van der Waals surface area contributed by atoms with Crippen LogP contribution >= 0.6 is 0 Å². The number of pyridine rings is 1. The maximum Gasteiger partial charge on any atom is 0.131 e. The molecule has 0 unspecified atom stereocenters. The van der Waals surface area contributed by atoms with Crippen molar-refractivity contribution in [3.8, 4) is 0 Å². The molecule has 0 N–H and O–H groups in total. The number of hydrogen-bond donors (Lipinski definition) is 0. The van der Waals surface area contributed by atoms with E-state index in [4.69, 9.17) is 0 Å². The molecule has 0 saturated carbocycles. The Hall–Kier alpha value is -2.61. The van der Waals surface area contributed by atoms with Gasteiger partial charge in [0.15, 0.2) is 0 Å². The van der Waals surface area contributed by atoms with Gasteiger partial charge in [0.2, 0.25) is 0 Å². The fraction of sp³-hybridized carbons (Fsp3) is 0.190. The minimum absolute atomic E-state index is 0.880. The van der Waals surface area contributed by atoms with Crippen molar-refractivity contribution in [1.29, 1.82) is 0 Å². The van der Waals surface area contributed by atoms with Crippen LogP contribution in [0.4, 0.5) is 5.82 Å². The van der Waals surface area contributed by atoms with Gasteiger partial charge in [0.25, 0.3) is 0 Å². The van der Waals surface area contributed by atoms with Crippen LogP contribution in [0, 0.1) is 6.92 Å². The van der Waals surface area contributed by atoms with Gasteiger partial charge in [0.1, 0.15) is 5.82 Å². The minimum atomic E-state index is 0.880. The largest absolute Gasteiger partial charge is 0.352 e. The van der Waals surface area contributed by atoms with Crippen LogP contribution < -0.4 is 4.90 Å². The first kappa shape index (κ1) is 15.3. The molecule has 1 heterocycles. The molecule has 0 aliphatic rings. The van der Waals surface area contributed by atoms with E-state index in [-0.39, 0.29) is 0 Å². The van der Waals surface area contributed by atoms with Gasteiger partial charge in [-0.15, -0.1) is 0 Å². The topological polar surface area (TPSA) is 16.1 Å². The molecule has 0 spiro atoms. The number of rotatable bonds is 6. The van der Waals surface area contributed by atoms with Crippen molar-refractivity contribution in [3.63, 3.8) is 0 Å². The molecule has 0 fully saturated rings. The first-order valence-corrected chi connectivity index (χ1v) is 8.07. The van der Waals surface area contributed by atoms with Crippen LogP contribution in [0.2, 0.25) is 0 Å². The first-order chi connectivity index (χ1) is 11.3. The Balaban J connectivity index is 1.80. The highest BCUT2D eigenvalue weighted by atomic mass is 15.2. The Labute approximate surface area is 138 Å². The second kappa shape index (κ2) is 7.59. The van der Waals surface area contributed by atoms with Gasteiger partial charge >= 0.3 is 0 Å². The molecule has 2 heteroatoms. The van der Waals surface area contributed by atoms with Gasteiger partial charge in [-0.2, -0.15) is 0 Å². The van der Waals surface area contributed by atoms with E-state index in [2.05, 4.69) is 83.5 Å². The second-order valence-electron chi connectivity index (χ2n) is 5.79. The SMILES string of the molecule is Cc1cccnc1N(CCc1ccccc1)Cc1ccccc1. The van der Waals surface area contributed by atoms with E-state index in [1.54, 1.807) is 0 Å². The van der Waals surface area contributed by atoms with Crippen molar-refractivity contribution in [2.24, 2.45) is 0 Å². The monoisotopic (exact) mass is 302 g/mol.